The van der Waals surface area contributed by atoms with Crippen molar-refractivity contribution < 1.29 is 23.9 Å². The maximum Gasteiger partial charge on any atom is 0.355 e. The normalized spacial score (nSPS) is 10.4. The average molecular weight is 318 g/mol. The van der Waals surface area contributed by atoms with Crippen molar-refractivity contribution in [3.8, 4) is 0 Å². The molecule has 0 aliphatic carbocycles. The molecule has 7 nitrogen and oxygen atoms in total. The second-order valence-electron chi connectivity index (χ2n) is 5.12. The molecule has 0 aliphatic heterocycles. The predicted octanol–water partition coefficient (Wildman–Crippen LogP) is 1.80. The lowest BCUT2D eigenvalue weighted by Gasteiger charge is -2.05. The van der Waals surface area contributed by atoms with E-state index in [-0.39, 0.29) is 5.69 Å². The molecular formula is C16H18N2O5. The number of aromatic nitrogens is 2. The van der Waals surface area contributed by atoms with Gasteiger partial charge in [-0.3, -0.25) is 4.79 Å². The molecule has 0 unspecified atom stereocenters. The van der Waals surface area contributed by atoms with Crippen molar-refractivity contribution in [3.05, 3.63) is 46.5 Å². The maximum absolute atomic E-state index is 12.2. The lowest BCUT2D eigenvalue weighted by atomic mass is 10.1. The van der Waals surface area contributed by atoms with Crippen LogP contribution in [0.5, 0.6) is 0 Å². The van der Waals surface area contributed by atoms with Crippen LogP contribution in [0.25, 0.3) is 0 Å². The van der Waals surface area contributed by atoms with Crippen molar-refractivity contribution in [2.75, 3.05) is 13.7 Å². The first-order valence-electron chi connectivity index (χ1n) is 6.96. The zero-order valence-corrected chi connectivity index (χ0v) is 13.4. The molecule has 122 valence electrons. The number of ketones is 1. The highest BCUT2D eigenvalue weighted by Crippen LogP contribution is 2.19. The molecule has 7 heteroatoms. The van der Waals surface area contributed by atoms with E-state index >= 15 is 0 Å². The van der Waals surface area contributed by atoms with Crippen LogP contribution in [-0.4, -0.2) is 41.0 Å². The molecule has 2 aromatic heterocycles. The van der Waals surface area contributed by atoms with E-state index in [0.29, 0.717) is 22.5 Å². The van der Waals surface area contributed by atoms with Crippen molar-refractivity contribution >= 4 is 17.7 Å². The number of hydrogen-bond donors (Lipinski definition) is 1. The lowest BCUT2D eigenvalue weighted by molar-refractivity contribution is 0.0463. The number of methoxy groups -OCH3 is 1. The monoisotopic (exact) mass is 318 g/mol. The Balaban J connectivity index is 2.11. The zero-order chi connectivity index (χ0) is 17.1. The summed E-state index contributed by atoms with van der Waals surface area (Å²) in [4.78, 5) is 38.7. The fraction of sp³-hybridized carbons (Fsp3) is 0.312. The summed E-state index contributed by atoms with van der Waals surface area (Å²) in [5.74, 6) is -1.51. The number of hydrogen-bond acceptors (Lipinski definition) is 5. The van der Waals surface area contributed by atoms with Crippen LogP contribution in [0.3, 0.4) is 0 Å². The second-order valence-corrected chi connectivity index (χ2v) is 5.12. The van der Waals surface area contributed by atoms with E-state index < -0.39 is 24.3 Å². The summed E-state index contributed by atoms with van der Waals surface area (Å²) in [6.07, 6.45) is 1.71. The van der Waals surface area contributed by atoms with Crippen molar-refractivity contribution in [1.29, 1.82) is 0 Å². The third-order valence-electron chi connectivity index (χ3n) is 3.59. The Morgan fingerprint density at radius 3 is 2.48 bits per heavy atom. The number of esters is 2. The molecule has 0 bridgehead atoms. The van der Waals surface area contributed by atoms with Gasteiger partial charge in [0.15, 0.2) is 6.61 Å². The number of aromatic amines is 1. The van der Waals surface area contributed by atoms with Gasteiger partial charge >= 0.3 is 11.9 Å². The fourth-order valence-corrected chi connectivity index (χ4v) is 2.39. The molecule has 0 amide bonds. The maximum atomic E-state index is 12.2. The summed E-state index contributed by atoms with van der Waals surface area (Å²) in [7, 11) is 2.98. The minimum atomic E-state index is -0.583. The standard InChI is InChI=1S/C16H18N2O5/c1-9-13(16(21)22-4)10(2)17-14(9)12(19)8-23-15(20)11-6-5-7-18(11)3/h5-7,17H,8H2,1-4H3. The van der Waals surface area contributed by atoms with Crippen LogP contribution in [0.1, 0.15) is 42.6 Å². The first-order chi connectivity index (χ1) is 10.9. The molecule has 0 spiro atoms. The SMILES string of the molecule is COC(=O)c1c(C)[nH]c(C(=O)COC(=O)c2cccn2C)c1C. The summed E-state index contributed by atoms with van der Waals surface area (Å²) in [6, 6.07) is 3.31. The smallest absolute Gasteiger partial charge is 0.355 e. The van der Waals surface area contributed by atoms with E-state index in [9.17, 15) is 14.4 Å². The van der Waals surface area contributed by atoms with E-state index in [1.807, 2.05) is 0 Å². The van der Waals surface area contributed by atoms with Gasteiger partial charge in [-0.05, 0) is 31.5 Å². The van der Waals surface area contributed by atoms with Gasteiger partial charge in [0.1, 0.15) is 5.69 Å². The van der Waals surface area contributed by atoms with Gasteiger partial charge in [-0.2, -0.15) is 0 Å². The Bertz CT molecular complexity index is 770. The van der Waals surface area contributed by atoms with Crippen LogP contribution in [0.4, 0.5) is 0 Å². The van der Waals surface area contributed by atoms with Crippen LogP contribution < -0.4 is 0 Å². The minimum absolute atomic E-state index is 0.239. The third kappa shape index (κ3) is 3.18. The van der Waals surface area contributed by atoms with Crippen LogP contribution in [0.15, 0.2) is 18.3 Å². The highest BCUT2D eigenvalue weighted by molar-refractivity contribution is 6.03. The molecule has 0 saturated carbocycles. The van der Waals surface area contributed by atoms with Crippen molar-refractivity contribution in [2.45, 2.75) is 13.8 Å². The van der Waals surface area contributed by atoms with Crippen LogP contribution >= 0.6 is 0 Å². The quantitative estimate of drug-likeness (QED) is 0.670. The summed E-state index contributed by atoms with van der Waals surface area (Å²) in [5.41, 5.74) is 1.93. The number of H-pyrrole nitrogens is 1. The average Bonchev–Trinajstić information content (AvgIpc) is 3.07. The Morgan fingerprint density at radius 2 is 1.91 bits per heavy atom. The largest absolute Gasteiger partial charge is 0.465 e. The lowest BCUT2D eigenvalue weighted by Crippen LogP contribution is -2.17. The number of ether oxygens (including phenoxy) is 2. The molecule has 2 rings (SSSR count). The minimum Gasteiger partial charge on any atom is -0.465 e. The van der Waals surface area contributed by atoms with E-state index in [0.717, 1.165) is 0 Å². The van der Waals surface area contributed by atoms with Crippen LogP contribution in [0.2, 0.25) is 0 Å². The molecule has 0 saturated heterocycles. The summed E-state index contributed by atoms with van der Waals surface area (Å²) >= 11 is 0. The van der Waals surface area contributed by atoms with Gasteiger partial charge in [0.2, 0.25) is 5.78 Å². The molecule has 23 heavy (non-hydrogen) atoms. The van der Waals surface area contributed by atoms with Gasteiger partial charge in [-0.15, -0.1) is 0 Å². The first kappa shape index (κ1) is 16.5. The zero-order valence-electron chi connectivity index (χ0n) is 13.4. The number of aryl methyl sites for hydroxylation is 2. The number of Topliss-reactive ketones (excluding diaryl/α,β-unsaturated/α-hetero) is 1. The summed E-state index contributed by atoms with van der Waals surface area (Å²) < 4.78 is 11.3. The fourth-order valence-electron chi connectivity index (χ4n) is 2.39. The Labute approximate surface area is 133 Å². The number of carbonyl (C=O) groups excluding carboxylic acids is 3. The van der Waals surface area contributed by atoms with Gasteiger partial charge in [-0.25, -0.2) is 9.59 Å². The van der Waals surface area contributed by atoms with Gasteiger partial charge in [-0.1, -0.05) is 0 Å². The third-order valence-corrected chi connectivity index (χ3v) is 3.59. The number of rotatable bonds is 5. The van der Waals surface area contributed by atoms with Gasteiger partial charge in [0.05, 0.1) is 18.4 Å². The molecular weight excluding hydrogens is 300 g/mol. The second kappa shape index (κ2) is 6.51. The highest BCUT2D eigenvalue weighted by atomic mass is 16.5. The Morgan fingerprint density at radius 1 is 1.22 bits per heavy atom. The van der Waals surface area contributed by atoms with Gasteiger partial charge < -0.3 is 19.0 Å². The topological polar surface area (TPSA) is 90.4 Å². The molecule has 1 N–H and O–H groups in total. The predicted molar refractivity (Wildman–Crippen MR) is 81.6 cm³/mol. The van der Waals surface area contributed by atoms with Crippen molar-refractivity contribution in [1.82, 2.24) is 9.55 Å². The highest BCUT2D eigenvalue weighted by Gasteiger charge is 2.23. The van der Waals surface area contributed by atoms with Crippen molar-refractivity contribution in [2.24, 2.45) is 7.05 Å². The molecule has 2 heterocycles. The molecule has 2 aromatic rings. The molecule has 0 radical (unpaired) electrons. The number of nitrogens with zero attached hydrogens (tertiary/aromatic N) is 1. The van der Waals surface area contributed by atoms with Crippen molar-refractivity contribution in [3.63, 3.8) is 0 Å². The number of nitrogens with one attached hydrogen (secondary N) is 1. The number of carbonyl (C=O) groups is 3. The molecule has 0 atom stereocenters. The van der Waals surface area contributed by atoms with E-state index in [4.69, 9.17) is 9.47 Å². The van der Waals surface area contributed by atoms with E-state index in [1.54, 1.807) is 43.8 Å². The van der Waals surface area contributed by atoms with Gasteiger partial charge in [0.25, 0.3) is 0 Å². The first-order valence-corrected chi connectivity index (χ1v) is 6.96. The van der Waals surface area contributed by atoms with E-state index in [1.165, 1.54) is 7.11 Å². The summed E-state index contributed by atoms with van der Waals surface area (Å²) in [5, 5.41) is 0. The molecule has 0 aliphatic rings. The van der Waals surface area contributed by atoms with Crippen LogP contribution in [-0.2, 0) is 16.5 Å². The van der Waals surface area contributed by atoms with E-state index in [2.05, 4.69) is 4.98 Å². The van der Waals surface area contributed by atoms with Crippen LogP contribution in [0, 0.1) is 13.8 Å². The van der Waals surface area contributed by atoms with Gasteiger partial charge in [0, 0.05) is 18.9 Å². The molecule has 0 aromatic carbocycles. The summed E-state index contributed by atoms with van der Waals surface area (Å²) in [6.45, 7) is 2.90. The molecule has 0 fully saturated rings. The Hall–Kier alpha value is -2.83. The Kier molecular flexibility index (Phi) is 4.68.